The largest absolute Gasteiger partial charge is 0.508 e. The van der Waals surface area contributed by atoms with E-state index in [1.165, 1.54) is 36.4 Å². The van der Waals surface area contributed by atoms with Crippen LogP contribution in [0.15, 0.2) is 186 Å². The van der Waals surface area contributed by atoms with Crippen LogP contribution in [0.4, 0.5) is 8.78 Å². The maximum atomic E-state index is 13.4. The number of rotatable bonds is 21. The van der Waals surface area contributed by atoms with Gasteiger partial charge in [0.15, 0.2) is 0 Å². The van der Waals surface area contributed by atoms with Crippen molar-refractivity contribution in [2.24, 2.45) is 10.2 Å². The Bertz CT molecular complexity index is 3470. The third kappa shape index (κ3) is 16.6. The number of phenols is 1. The Morgan fingerprint density at radius 3 is 1.42 bits per heavy atom. The molecule has 0 aliphatic heterocycles. The summed E-state index contributed by atoms with van der Waals surface area (Å²) in [6, 6.07) is 40.9. The molecule has 0 radical (unpaired) electrons. The van der Waals surface area contributed by atoms with Crippen molar-refractivity contribution in [3.8, 4) is 79.3 Å². The molecule has 77 heavy (non-hydrogen) atoms. The molecule has 4 aromatic heterocycles. The summed E-state index contributed by atoms with van der Waals surface area (Å²) >= 11 is 0. The van der Waals surface area contributed by atoms with Gasteiger partial charge < -0.3 is 29.3 Å². The second kappa shape index (κ2) is 28.4. The van der Waals surface area contributed by atoms with Gasteiger partial charge in [-0.1, -0.05) is 27.9 Å². The molecular weight excluding hydrogens is 1010 g/mol. The van der Waals surface area contributed by atoms with Gasteiger partial charge in [-0.25, -0.2) is 18.7 Å². The van der Waals surface area contributed by atoms with Crippen LogP contribution in [0.5, 0.6) is 11.5 Å². The predicted molar refractivity (Wildman–Crippen MR) is 286 cm³/mol. The number of aryl methyl sites for hydroxylation is 1. The van der Waals surface area contributed by atoms with Gasteiger partial charge in [0.05, 0.1) is 60.7 Å². The van der Waals surface area contributed by atoms with Crippen LogP contribution in [0, 0.1) is 18.6 Å². The van der Waals surface area contributed by atoms with Crippen LogP contribution in [-0.2, 0) is 23.8 Å². The lowest BCUT2D eigenvalue weighted by atomic mass is 10.1. The fraction of sp³-hybridized carbons (Fsp3) is 0.164. The van der Waals surface area contributed by atoms with Crippen LogP contribution in [-0.4, -0.2) is 96.2 Å². The number of aromatic amines is 2. The lowest BCUT2D eigenvalue weighted by molar-refractivity contribution is 0.106. The lowest BCUT2D eigenvalue weighted by Crippen LogP contribution is -2.12. The summed E-state index contributed by atoms with van der Waals surface area (Å²) in [5, 5.41) is 16.1. The molecule has 19 nitrogen and oxygen atoms in total. The Morgan fingerprint density at radius 2 is 0.961 bits per heavy atom. The third-order valence-corrected chi connectivity index (χ3v) is 12.2. The molecule has 392 valence electrons. The van der Waals surface area contributed by atoms with Crippen molar-refractivity contribution >= 4 is 10.1 Å². The highest BCUT2D eigenvalue weighted by Crippen LogP contribution is 2.35. The van der Waals surface area contributed by atoms with Gasteiger partial charge in [0.25, 0.3) is 10.1 Å². The highest BCUT2D eigenvalue weighted by atomic mass is 32.2. The van der Waals surface area contributed by atoms with E-state index in [2.05, 4.69) is 40.0 Å². The van der Waals surface area contributed by atoms with Crippen molar-refractivity contribution in [2.75, 3.05) is 52.7 Å². The van der Waals surface area contributed by atoms with E-state index >= 15 is 0 Å². The average Bonchev–Trinajstić information content (AvgIpc) is 4.12. The number of H-pyrrole nitrogens is 2. The first-order chi connectivity index (χ1) is 37.5. The monoisotopic (exact) mass is 1060 g/mol. The second-order valence-electron chi connectivity index (χ2n) is 16.2. The zero-order valence-corrected chi connectivity index (χ0v) is 42.2. The molecule has 0 saturated carbocycles. The molecule has 9 rings (SSSR count). The van der Waals surface area contributed by atoms with E-state index in [4.69, 9.17) is 39.4 Å². The molecule has 5 aromatic carbocycles. The predicted octanol–water partition coefficient (Wildman–Crippen LogP) is 12.3. The van der Waals surface area contributed by atoms with E-state index in [-0.39, 0.29) is 48.6 Å². The van der Waals surface area contributed by atoms with Crippen LogP contribution < -0.4 is 4.74 Å². The normalized spacial score (nSPS) is 10.7. The highest BCUT2D eigenvalue weighted by molar-refractivity contribution is 7.86. The quantitative estimate of drug-likeness (QED) is 0.0200. The van der Waals surface area contributed by atoms with Crippen LogP contribution in [0.2, 0.25) is 0 Å². The first-order valence-corrected chi connectivity index (χ1v) is 25.1. The molecule has 0 fully saturated rings. The summed E-state index contributed by atoms with van der Waals surface area (Å²) in [4.78, 5) is 29.7. The summed E-state index contributed by atoms with van der Waals surface area (Å²) in [6.07, 6.45) is 6.86. The number of hydrogen-bond acceptors (Lipinski definition) is 13. The van der Waals surface area contributed by atoms with E-state index < -0.39 is 10.1 Å². The van der Waals surface area contributed by atoms with Gasteiger partial charge in [-0.3, -0.25) is 14.2 Å². The number of phenolic OH excluding ortho intramolecular Hbond substituents is 1. The number of aromatic nitrogens is 6. The number of aromatic hydroxyl groups is 1. The molecule has 0 unspecified atom stereocenters. The highest BCUT2D eigenvalue weighted by Gasteiger charge is 2.18. The van der Waals surface area contributed by atoms with Gasteiger partial charge in [-0.05, 0) is 151 Å². The smallest absolute Gasteiger partial charge is 0.297 e. The minimum atomic E-state index is -3.74. The van der Waals surface area contributed by atoms with E-state index in [1.807, 2.05) is 55.5 Å². The van der Waals surface area contributed by atoms with Crippen molar-refractivity contribution in [3.63, 3.8) is 0 Å². The summed E-state index contributed by atoms with van der Waals surface area (Å²) < 4.78 is 71.0. The van der Waals surface area contributed by atoms with Crippen molar-refractivity contribution in [3.05, 3.63) is 208 Å². The SMILES string of the molecule is Cc1ccc(S(=O)(=O)OCCOCCN=[N+]=[N-])cc1.Oc1ccc(-c2nc(-c3ccc(F)cc3)c(-c3ccncc3)[nH]2)cc1.[N-]=[N+]=NCCOCCOc1ccc(-c2nc(-c3ccc(F)cc3)c(-c3ccncc3)[nH]2)cc1. The number of imidazole rings is 2. The maximum absolute atomic E-state index is 13.4. The van der Waals surface area contributed by atoms with Crippen molar-refractivity contribution in [2.45, 2.75) is 11.8 Å². The molecule has 3 N–H and O–H groups in total. The molecule has 0 atom stereocenters. The topological polar surface area (TPSA) is 272 Å². The number of pyridine rings is 2. The van der Waals surface area contributed by atoms with Gasteiger partial charge in [-0.15, -0.1) is 0 Å². The number of nitrogens with zero attached hydrogens (tertiary/aromatic N) is 10. The van der Waals surface area contributed by atoms with E-state index in [1.54, 1.807) is 85.5 Å². The molecule has 4 heterocycles. The number of ether oxygens (including phenoxy) is 3. The van der Waals surface area contributed by atoms with E-state index in [0.717, 1.165) is 61.7 Å². The number of halogens is 2. The number of azide groups is 2. The third-order valence-electron chi connectivity index (χ3n) is 10.9. The fourth-order valence-electron chi connectivity index (χ4n) is 7.13. The number of nitrogens with one attached hydrogen (secondary N) is 2. The van der Waals surface area contributed by atoms with Crippen LogP contribution in [0.25, 0.3) is 88.7 Å². The molecule has 0 spiro atoms. The van der Waals surface area contributed by atoms with E-state index in [9.17, 15) is 22.3 Å². The second-order valence-corrected chi connectivity index (χ2v) is 17.9. The Balaban J connectivity index is 0.000000175. The van der Waals surface area contributed by atoms with Gasteiger partial charge in [0.2, 0.25) is 0 Å². The van der Waals surface area contributed by atoms with Crippen LogP contribution in [0.3, 0.4) is 0 Å². The lowest BCUT2D eigenvalue weighted by Gasteiger charge is -2.07. The summed E-state index contributed by atoms with van der Waals surface area (Å²) in [5.74, 6) is 1.68. The number of hydrogen-bond donors (Lipinski definition) is 3. The molecule has 0 aliphatic rings. The molecule has 22 heteroatoms. The number of benzene rings is 5. The maximum Gasteiger partial charge on any atom is 0.297 e. The van der Waals surface area contributed by atoms with Gasteiger partial charge in [-0.2, -0.15) is 8.42 Å². The molecule has 9 aromatic rings. The van der Waals surface area contributed by atoms with E-state index in [0.29, 0.717) is 43.8 Å². The Morgan fingerprint density at radius 1 is 0.532 bits per heavy atom. The summed E-state index contributed by atoms with van der Waals surface area (Å²) in [7, 11) is -3.74. The Labute approximate surface area is 441 Å². The van der Waals surface area contributed by atoms with Crippen LogP contribution in [0.1, 0.15) is 5.56 Å². The van der Waals surface area contributed by atoms with Crippen molar-refractivity contribution in [1.29, 1.82) is 0 Å². The van der Waals surface area contributed by atoms with Gasteiger partial charge >= 0.3 is 0 Å². The first-order valence-electron chi connectivity index (χ1n) is 23.7. The molecular formula is C55H50F2N12O7S. The zero-order chi connectivity index (χ0) is 54.2. The molecule has 0 aliphatic carbocycles. The zero-order valence-electron chi connectivity index (χ0n) is 41.4. The molecule has 0 saturated heterocycles. The minimum Gasteiger partial charge on any atom is -0.508 e. The summed E-state index contributed by atoms with van der Waals surface area (Å²) in [6.45, 7) is 3.80. The molecule has 0 amide bonds. The van der Waals surface area contributed by atoms with Crippen LogP contribution >= 0.6 is 0 Å². The Hall–Kier alpha value is -9.27. The molecule has 0 bridgehead atoms. The Kier molecular flexibility index (Phi) is 20.5. The van der Waals surface area contributed by atoms with Crippen molar-refractivity contribution < 1.29 is 40.7 Å². The van der Waals surface area contributed by atoms with Gasteiger partial charge in [0.1, 0.15) is 41.4 Å². The average molecular weight is 1060 g/mol. The first kappa shape index (κ1) is 55.5. The van der Waals surface area contributed by atoms with Gasteiger partial charge in [0, 0.05) is 81.1 Å². The fourth-order valence-corrected chi connectivity index (χ4v) is 8.03. The van der Waals surface area contributed by atoms with Crippen molar-refractivity contribution in [1.82, 2.24) is 29.9 Å². The summed E-state index contributed by atoms with van der Waals surface area (Å²) in [5.41, 5.74) is 25.6. The standard InChI is InChI=1S/C24H21FN6O2.C20H14FN3O.C11H15N3O4S/c25-20-5-1-17(2-6-20)22-23(18-9-11-27-12-10-18)30-24(29-22)19-3-7-21(8-4-19)33-16-15-32-14-13-28-31-26;21-16-5-1-13(2-6-16)18-19(14-9-11-22-12-10-14)24-20(23-18)15-3-7-17(25)8-4-15;1-10-2-4-11(5-3-10)19(15,16)18-9-8-17-7-6-13-14-12/h1-12H,13-16H2,(H,29,30);1-12,25H,(H,23,24);2-5H,6-9H2,1H3. The minimum absolute atomic E-state index is 0.0769.